The number of halogens is 4. The molecule has 0 bridgehead atoms. The van der Waals surface area contributed by atoms with Crippen LogP contribution in [0.3, 0.4) is 0 Å². The highest BCUT2D eigenvalue weighted by molar-refractivity contribution is 5.78. The summed E-state index contributed by atoms with van der Waals surface area (Å²) in [6, 6.07) is 7.18. The van der Waals surface area contributed by atoms with Crippen molar-refractivity contribution in [2.45, 2.75) is 32.5 Å². The molecule has 1 amide bonds. The van der Waals surface area contributed by atoms with E-state index in [1.165, 1.54) is 12.1 Å². The van der Waals surface area contributed by atoms with Crippen molar-refractivity contribution >= 4 is 5.91 Å². The molecule has 4 nitrogen and oxygen atoms in total. The Bertz CT molecular complexity index is 876. The van der Waals surface area contributed by atoms with Gasteiger partial charge in [0.1, 0.15) is 5.82 Å². The zero-order valence-electron chi connectivity index (χ0n) is 16.2. The fourth-order valence-electron chi connectivity index (χ4n) is 3.43. The molecule has 1 heterocycles. The Morgan fingerprint density at radius 2 is 1.62 bits per heavy atom. The standard InChI is InChI=1S/C21H22F4N2O2/c1-13-10-27(14(2)9-26(13)11-15-3-5-16(22)6-4-15)21(28)12-29-20-8-18(24)17(23)7-19(20)25/h3-8,13-14H,9-12H2,1-2H3/t13-,14+/m0/s1. The fourth-order valence-corrected chi connectivity index (χ4v) is 3.43. The van der Waals surface area contributed by atoms with Crippen molar-refractivity contribution in [1.29, 1.82) is 0 Å². The van der Waals surface area contributed by atoms with Crippen LogP contribution in [0.15, 0.2) is 36.4 Å². The molecule has 3 rings (SSSR count). The number of rotatable bonds is 5. The van der Waals surface area contributed by atoms with Crippen LogP contribution >= 0.6 is 0 Å². The van der Waals surface area contributed by atoms with Gasteiger partial charge in [0.05, 0.1) is 0 Å². The van der Waals surface area contributed by atoms with E-state index >= 15 is 0 Å². The van der Waals surface area contributed by atoms with E-state index in [4.69, 9.17) is 4.74 Å². The molecule has 0 aliphatic carbocycles. The molecule has 1 fully saturated rings. The van der Waals surface area contributed by atoms with Crippen molar-refractivity contribution in [3.05, 3.63) is 65.2 Å². The largest absolute Gasteiger partial charge is 0.481 e. The second-order valence-corrected chi connectivity index (χ2v) is 7.29. The van der Waals surface area contributed by atoms with Crippen molar-refractivity contribution in [2.75, 3.05) is 19.7 Å². The van der Waals surface area contributed by atoms with E-state index < -0.39 is 29.8 Å². The lowest BCUT2D eigenvalue weighted by molar-refractivity contribution is -0.139. The maximum absolute atomic E-state index is 13.7. The topological polar surface area (TPSA) is 32.8 Å². The van der Waals surface area contributed by atoms with Gasteiger partial charge in [-0.1, -0.05) is 12.1 Å². The van der Waals surface area contributed by atoms with E-state index in [1.54, 1.807) is 17.0 Å². The number of ether oxygens (including phenoxy) is 1. The molecule has 2 aromatic carbocycles. The summed E-state index contributed by atoms with van der Waals surface area (Å²) < 4.78 is 58.1. The van der Waals surface area contributed by atoms with E-state index in [9.17, 15) is 22.4 Å². The van der Waals surface area contributed by atoms with Gasteiger partial charge in [0, 0.05) is 43.9 Å². The Hall–Kier alpha value is -2.61. The van der Waals surface area contributed by atoms with E-state index in [2.05, 4.69) is 4.90 Å². The van der Waals surface area contributed by atoms with Crippen molar-refractivity contribution in [2.24, 2.45) is 0 Å². The lowest BCUT2D eigenvalue weighted by Crippen LogP contribution is -2.58. The number of amides is 1. The van der Waals surface area contributed by atoms with E-state index in [-0.39, 0.29) is 23.8 Å². The number of hydrogen-bond acceptors (Lipinski definition) is 3. The zero-order valence-corrected chi connectivity index (χ0v) is 16.2. The van der Waals surface area contributed by atoms with E-state index in [1.807, 2.05) is 13.8 Å². The van der Waals surface area contributed by atoms with Crippen LogP contribution < -0.4 is 4.74 Å². The van der Waals surface area contributed by atoms with Crippen LogP contribution in [0.25, 0.3) is 0 Å². The third-order valence-corrected chi connectivity index (χ3v) is 5.06. The summed E-state index contributed by atoms with van der Waals surface area (Å²) in [5, 5.41) is 0. The molecule has 1 aliphatic heterocycles. The van der Waals surface area contributed by atoms with Gasteiger partial charge in [0.2, 0.25) is 0 Å². The van der Waals surface area contributed by atoms with Gasteiger partial charge in [-0.15, -0.1) is 0 Å². The summed E-state index contributed by atoms with van der Waals surface area (Å²) in [6.07, 6.45) is 0. The first-order valence-electron chi connectivity index (χ1n) is 9.30. The second kappa shape index (κ2) is 8.82. The van der Waals surface area contributed by atoms with Crippen molar-refractivity contribution < 1.29 is 27.1 Å². The average Bonchev–Trinajstić information content (AvgIpc) is 2.67. The number of carbonyl (C=O) groups is 1. The van der Waals surface area contributed by atoms with Gasteiger partial charge in [0.25, 0.3) is 5.91 Å². The quantitative estimate of drug-likeness (QED) is 0.556. The summed E-state index contributed by atoms with van der Waals surface area (Å²) in [5.41, 5.74) is 0.974. The summed E-state index contributed by atoms with van der Waals surface area (Å²) in [5.74, 6) is -4.79. The Morgan fingerprint density at radius 3 is 2.31 bits per heavy atom. The van der Waals surface area contributed by atoms with Gasteiger partial charge in [-0.2, -0.15) is 0 Å². The van der Waals surface area contributed by atoms with Crippen LogP contribution in [-0.2, 0) is 11.3 Å². The molecule has 0 spiro atoms. The van der Waals surface area contributed by atoms with Gasteiger partial charge < -0.3 is 9.64 Å². The van der Waals surface area contributed by atoms with Gasteiger partial charge in [-0.05, 0) is 31.5 Å². The third kappa shape index (κ3) is 5.06. The molecule has 8 heteroatoms. The van der Waals surface area contributed by atoms with Gasteiger partial charge in [0.15, 0.2) is 29.8 Å². The van der Waals surface area contributed by atoms with Crippen molar-refractivity contribution in [3.63, 3.8) is 0 Å². The molecule has 0 N–H and O–H groups in total. The normalized spacial score (nSPS) is 20.0. The molecule has 1 aliphatic rings. The lowest BCUT2D eigenvalue weighted by atomic mass is 10.1. The van der Waals surface area contributed by atoms with Crippen LogP contribution in [-0.4, -0.2) is 47.5 Å². The maximum atomic E-state index is 13.7. The smallest absolute Gasteiger partial charge is 0.260 e. The monoisotopic (exact) mass is 410 g/mol. The van der Waals surface area contributed by atoms with E-state index in [0.29, 0.717) is 31.8 Å². The first kappa shape index (κ1) is 21.1. The van der Waals surface area contributed by atoms with Gasteiger partial charge in [-0.3, -0.25) is 9.69 Å². The lowest BCUT2D eigenvalue weighted by Gasteiger charge is -2.44. The molecule has 2 aromatic rings. The number of carbonyl (C=O) groups excluding carboxylic acids is 1. The average molecular weight is 410 g/mol. The molecule has 2 atom stereocenters. The van der Waals surface area contributed by atoms with Crippen LogP contribution in [0, 0.1) is 23.3 Å². The number of benzene rings is 2. The minimum atomic E-state index is -1.32. The Labute approximate surface area is 166 Å². The Kier molecular flexibility index (Phi) is 6.42. The van der Waals surface area contributed by atoms with Crippen molar-refractivity contribution in [1.82, 2.24) is 9.80 Å². The summed E-state index contributed by atoms with van der Waals surface area (Å²) >= 11 is 0. The Morgan fingerprint density at radius 1 is 0.966 bits per heavy atom. The number of hydrogen-bond donors (Lipinski definition) is 0. The molecule has 1 saturated heterocycles. The molecular formula is C21H22F4N2O2. The van der Waals surface area contributed by atoms with Gasteiger partial charge in [-0.25, -0.2) is 17.6 Å². The maximum Gasteiger partial charge on any atom is 0.260 e. The molecule has 29 heavy (non-hydrogen) atoms. The highest BCUT2D eigenvalue weighted by atomic mass is 19.2. The second-order valence-electron chi connectivity index (χ2n) is 7.29. The van der Waals surface area contributed by atoms with Crippen LogP contribution in [0.2, 0.25) is 0 Å². The molecule has 0 saturated carbocycles. The van der Waals surface area contributed by atoms with Crippen LogP contribution in [0.1, 0.15) is 19.4 Å². The SMILES string of the molecule is C[C@@H]1CN(Cc2ccc(F)cc2)[C@@H](C)CN1C(=O)COc1cc(F)c(F)cc1F. The number of nitrogens with zero attached hydrogens (tertiary/aromatic N) is 2. The highest BCUT2D eigenvalue weighted by Gasteiger charge is 2.32. The van der Waals surface area contributed by atoms with Crippen LogP contribution in [0.4, 0.5) is 17.6 Å². The first-order chi connectivity index (χ1) is 13.7. The molecule has 0 unspecified atom stereocenters. The Balaban J connectivity index is 1.58. The first-order valence-corrected chi connectivity index (χ1v) is 9.30. The molecular weight excluding hydrogens is 388 g/mol. The van der Waals surface area contributed by atoms with Crippen LogP contribution in [0.5, 0.6) is 5.75 Å². The number of piperazine rings is 1. The summed E-state index contributed by atoms with van der Waals surface area (Å²) in [6.45, 7) is 5.06. The van der Waals surface area contributed by atoms with E-state index in [0.717, 1.165) is 5.56 Å². The molecule has 0 radical (unpaired) electrons. The molecule has 0 aromatic heterocycles. The van der Waals surface area contributed by atoms with Crippen molar-refractivity contribution in [3.8, 4) is 5.75 Å². The summed E-state index contributed by atoms with van der Waals surface area (Å²) in [4.78, 5) is 16.4. The highest BCUT2D eigenvalue weighted by Crippen LogP contribution is 2.22. The molecule has 156 valence electrons. The predicted molar refractivity (Wildman–Crippen MR) is 99.3 cm³/mol. The fraction of sp³-hybridized carbons (Fsp3) is 0.381. The predicted octanol–water partition coefficient (Wildman–Crippen LogP) is 3.74. The zero-order chi connectivity index (χ0) is 21.1. The minimum Gasteiger partial charge on any atom is -0.481 e. The summed E-state index contributed by atoms with van der Waals surface area (Å²) in [7, 11) is 0. The third-order valence-electron chi connectivity index (χ3n) is 5.06. The van der Waals surface area contributed by atoms with Gasteiger partial charge >= 0.3 is 0 Å². The minimum absolute atomic E-state index is 0.0419.